The zero-order valence-corrected chi connectivity index (χ0v) is 36.8. The van der Waals surface area contributed by atoms with Crippen molar-refractivity contribution in [1.29, 1.82) is 0 Å². The minimum atomic E-state index is 0. The Morgan fingerprint density at radius 3 is 1.19 bits per heavy atom. The molecule has 53 heavy (non-hydrogen) atoms. The summed E-state index contributed by atoms with van der Waals surface area (Å²) in [6.07, 6.45) is 7.40. The first-order valence-electron chi connectivity index (χ1n) is 16.9. The molecule has 0 atom stereocenters. The summed E-state index contributed by atoms with van der Waals surface area (Å²) in [6, 6.07) is 28.1. The largest absolute Gasteiger partial charge is 0.255 e. The number of hydrogen-bond donors (Lipinski definition) is 0. The molecular weight excluding hydrogens is 841 g/mol. The molecule has 5 rings (SSSR count). The number of aromatic nitrogens is 2. The summed E-state index contributed by atoms with van der Waals surface area (Å²) in [4.78, 5) is 19.0. The van der Waals surface area contributed by atoms with E-state index in [4.69, 9.17) is 9.98 Å². The Labute approximate surface area is 363 Å². The van der Waals surface area contributed by atoms with Crippen molar-refractivity contribution in [2.45, 2.75) is 86.0 Å². The molecule has 2 aromatic heterocycles. The molecule has 0 fully saturated rings. The van der Waals surface area contributed by atoms with Gasteiger partial charge in [-0.15, -0.1) is 49.6 Å². The van der Waals surface area contributed by atoms with E-state index in [9.17, 15) is 0 Å². The summed E-state index contributed by atoms with van der Waals surface area (Å²) in [5.74, 6) is 1.26. The molecule has 3 aromatic carbocycles. The fourth-order valence-corrected chi connectivity index (χ4v) is 6.02. The van der Waals surface area contributed by atoms with Gasteiger partial charge in [0.25, 0.3) is 0 Å². The Kier molecular flexibility index (Phi) is 23.9. The Bertz CT molecular complexity index is 1860. The minimum Gasteiger partial charge on any atom is -0.255 e. The maximum absolute atomic E-state index is 5.03. The molecule has 0 aliphatic carbocycles. The maximum Gasteiger partial charge on any atom is 0.0812 e. The third kappa shape index (κ3) is 13.1. The van der Waals surface area contributed by atoms with Gasteiger partial charge in [0.2, 0.25) is 0 Å². The van der Waals surface area contributed by atoms with Gasteiger partial charge in [0, 0.05) is 46.5 Å². The molecule has 0 amide bonds. The monoisotopic (exact) mass is 890 g/mol. The zero-order chi connectivity index (χ0) is 33.7. The molecule has 0 saturated heterocycles. The second-order valence-corrected chi connectivity index (χ2v) is 13.7. The van der Waals surface area contributed by atoms with Crippen LogP contribution in [0.2, 0.25) is 0 Å². The number of nitrogens with zero attached hydrogens (tertiary/aromatic N) is 4. The van der Waals surface area contributed by atoms with Crippen molar-refractivity contribution in [3.05, 3.63) is 130 Å². The number of pyridine rings is 2. The van der Waals surface area contributed by atoms with E-state index in [-0.39, 0.29) is 83.8 Å². The first-order valence-corrected chi connectivity index (χ1v) is 16.9. The first kappa shape index (κ1) is 52.6. The molecule has 5 aromatic rings. The van der Waals surface area contributed by atoms with E-state index >= 15 is 0 Å². The predicted octanol–water partition coefficient (Wildman–Crippen LogP) is 13.8. The molecule has 0 aliphatic rings. The van der Waals surface area contributed by atoms with Crippen molar-refractivity contribution in [3.63, 3.8) is 0 Å². The van der Waals surface area contributed by atoms with E-state index < -0.39 is 0 Å². The van der Waals surface area contributed by atoms with Crippen molar-refractivity contribution >= 4 is 73.4 Å². The van der Waals surface area contributed by atoms with Crippen molar-refractivity contribution in [1.82, 2.24) is 9.97 Å². The maximum atomic E-state index is 5.03. The van der Waals surface area contributed by atoms with Crippen LogP contribution in [-0.2, 0) is 34.1 Å². The van der Waals surface area contributed by atoms with E-state index in [2.05, 4.69) is 115 Å². The summed E-state index contributed by atoms with van der Waals surface area (Å²) in [5, 5.41) is 0. The molecular formula is C43H52Cl4Cu2N4. The number of rotatable bonds is 10. The topological polar surface area (TPSA) is 50.5 Å². The Morgan fingerprint density at radius 2 is 0.849 bits per heavy atom. The normalized spacial score (nSPS) is 10.7. The molecule has 0 aliphatic heterocycles. The van der Waals surface area contributed by atoms with Crippen LogP contribution >= 0.6 is 49.6 Å². The van der Waals surface area contributed by atoms with Crippen LogP contribution in [0.3, 0.4) is 0 Å². The second-order valence-electron chi connectivity index (χ2n) is 13.7. The fourth-order valence-electron chi connectivity index (χ4n) is 6.02. The summed E-state index contributed by atoms with van der Waals surface area (Å²) < 4.78 is 0. The number of aryl methyl sites for hydroxylation is 1. The molecule has 2 heterocycles. The SMILES string of the molecule is Cc1ccc(-c2cc(C(C)C)c(N=Cc3ccccn3)c(C(C)C)c2)cc1-c1cc(C(C)C)c(N=Cc2ccccn2)c(C(C)C)c1.Cl.Cl.Cl.Cl.[Cu].[Cu]. The van der Waals surface area contributed by atoms with Gasteiger partial charge in [0.15, 0.2) is 0 Å². The smallest absolute Gasteiger partial charge is 0.0812 e. The summed E-state index contributed by atoms with van der Waals surface area (Å²) in [5.41, 5.74) is 15.0. The Balaban J connectivity index is 0. The first-order chi connectivity index (χ1) is 22.5. The Hall–Kier alpha value is -2.50. The van der Waals surface area contributed by atoms with Crippen LogP contribution in [-0.4, -0.2) is 22.4 Å². The standard InChI is InChI=1S/C43H48N4.4ClH.2Cu/c1-27(2)37-21-33(22-38(28(3)4)42(37)46-25-35-14-10-12-18-44-35)32-17-16-31(9)41(20-32)34-23-39(29(5)6)43(40(24-34)30(7)8)47-26-36-15-11-13-19-45-36;;;;;;/h10-30H,1-9H3;4*1H;;. The van der Waals surface area contributed by atoms with Crippen LogP contribution < -0.4 is 0 Å². The van der Waals surface area contributed by atoms with E-state index in [1.165, 1.54) is 50.1 Å². The fraction of sp³-hybridized carbons (Fsp3) is 0.302. The van der Waals surface area contributed by atoms with Gasteiger partial charge < -0.3 is 0 Å². The van der Waals surface area contributed by atoms with Crippen LogP contribution in [0.15, 0.2) is 101 Å². The van der Waals surface area contributed by atoms with E-state index in [0.29, 0.717) is 23.7 Å². The van der Waals surface area contributed by atoms with Crippen molar-refractivity contribution in [2.24, 2.45) is 9.98 Å². The number of halogens is 4. The van der Waals surface area contributed by atoms with Gasteiger partial charge in [0.05, 0.1) is 35.2 Å². The third-order valence-electron chi connectivity index (χ3n) is 8.74. The van der Waals surface area contributed by atoms with Gasteiger partial charge in [-0.3, -0.25) is 20.0 Å². The quantitative estimate of drug-likeness (QED) is 0.104. The average Bonchev–Trinajstić information content (AvgIpc) is 3.06. The molecule has 2 radical (unpaired) electrons. The predicted molar refractivity (Wildman–Crippen MR) is 230 cm³/mol. The number of benzene rings is 3. The van der Waals surface area contributed by atoms with Gasteiger partial charge in [-0.2, -0.15) is 0 Å². The van der Waals surface area contributed by atoms with Crippen molar-refractivity contribution in [3.8, 4) is 22.3 Å². The molecule has 0 saturated carbocycles. The van der Waals surface area contributed by atoms with E-state index in [1.54, 1.807) is 0 Å². The van der Waals surface area contributed by atoms with Gasteiger partial charge in [-0.25, -0.2) is 0 Å². The Morgan fingerprint density at radius 1 is 0.472 bits per heavy atom. The zero-order valence-electron chi connectivity index (χ0n) is 31.6. The second kappa shape index (κ2) is 24.1. The number of hydrogen-bond acceptors (Lipinski definition) is 4. The van der Waals surface area contributed by atoms with Gasteiger partial charge in [-0.1, -0.05) is 79.7 Å². The van der Waals surface area contributed by atoms with Gasteiger partial charge in [-0.05, 0) is 135 Å². The molecule has 0 unspecified atom stereocenters. The van der Waals surface area contributed by atoms with Gasteiger partial charge >= 0.3 is 0 Å². The van der Waals surface area contributed by atoms with Crippen LogP contribution in [0.4, 0.5) is 11.4 Å². The molecule has 294 valence electrons. The minimum absolute atomic E-state index is 0. The molecule has 0 N–H and O–H groups in total. The summed E-state index contributed by atoms with van der Waals surface area (Å²) in [6.45, 7) is 20.2. The van der Waals surface area contributed by atoms with Crippen LogP contribution in [0, 0.1) is 6.92 Å². The van der Waals surface area contributed by atoms with Crippen LogP contribution in [0.25, 0.3) is 22.3 Å². The third-order valence-corrected chi connectivity index (χ3v) is 8.74. The summed E-state index contributed by atoms with van der Waals surface area (Å²) in [7, 11) is 0. The number of aliphatic imine (C=N–C) groups is 2. The molecule has 10 heteroatoms. The van der Waals surface area contributed by atoms with E-state index in [1.807, 2.05) is 61.2 Å². The van der Waals surface area contributed by atoms with Crippen LogP contribution in [0.5, 0.6) is 0 Å². The average molecular weight is 894 g/mol. The van der Waals surface area contributed by atoms with E-state index in [0.717, 1.165) is 22.8 Å². The van der Waals surface area contributed by atoms with Gasteiger partial charge in [0.1, 0.15) is 0 Å². The summed E-state index contributed by atoms with van der Waals surface area (Å²) >= 11 is 0. The van der Waals surface area contributed by atoms with Crippen molar-refractivity contribution in [2.75, 3.05) is 0 Å². The van der Waals surface area contributed by atoms with Crippen molar-refractivity contribution < 1.29 is 34.1 Å². The molecule has 0 spiro atoms. The van der Waals surface area contributed by atoms with Crippen LogP contribution in [0.1, 0.15) is 118 Å². The molecule has 4 nitrogen and oxygen atoms in total. The molecule has 0 bridgehead atoms.